The van der Waals surface area contributed by atoms with E-state index in [1.165, 1.54) is 6.07 Å². The molecule has 11 heteroatoms. The van der Waals surface area contributed by atoms with Crippen LogP contribution in [0.3, 0.4) is 0 Å². The first-order chi connectivity index (χ1) is 19.9. The third kappa shape index (κ3) is 6.60. The van der Waals surface area contributed by atoms with Crippen LogP contribution in [-0.2, 0) is 30.7 Å². The van der Waals surface area contributed by atoms with Gasteiger partial charge in [-0.2, -0.15) is 4.98 Å². The highest BCUT2D eigenvalue weighted by atomic mass is 31.0. The fraction of sp³-hybridized carbons (Fsp3) is 0.367. The zero-order valence-corrected chi connectivity index (χ0v) is 24.3. The maximum atomic E-state index is 14.4. The number of carboxylic acids is 1. The molecule has 1 aliphatic carbocycles. The molecule has 0 fully saturated rings. The Balaban J connectivity index is 1.29. The van der Waals surface area contributed by atoms with Crippen molar-refractivity contribution in [3.8, 4) is 5.88 Å². The summed E-state index contributed by atoms with van der Waals surface area (Å²) in [5.74, 6) is 0.903. The summed E-state index contributed by atoms with van der Waals surface area (Å²) in [5, 5.41) is 10.1. The van der Waals surface area contributed by atoms with Crippen LogP contribution in [0.1, 0.15) is 59.5 Å². The first kappa shape index (κ1) is 28.8. The number of halogens is 1. The van der Waals surface area contributed by atoms with Gasteiger partial charge in [-0.3, -0.25) is 0 Å². The second-order valence-corrected chi connectivity index (χ2v) is 10.7. The molecular formula is C30H33FN5O4P. The van der Waals surface area contributed by atoms with E-state index in [0.717, 1.165) is 49.1 Å². The smallest absolute Gasteiger partial charge is 0.354 e. The molecule has 3 aromatic heterocycles. The molecule has 3 heterocycles. The quantitative estimate of drug-likeness (QED) is 0.254. The fourth-order valence-corrected chi connectivity index (χ4v) is 5.22. The van der Waals surface area contributed by atoms with E-state index in [4.69, 9.17) is 14.5 Å². The second-order valence-electron chi connectivity index (χ2n) is 10.1. The maximum Gasteiger partial charge on any atom is 0.354 e. The van der Waals surface area contributed by atoms with Crippen molar-refractivity contribution in [2.24, 2.45) is 5.92 Å². The summed E-state index contributed by atoms with van der Waals surface area (Å²) >= 11 is 0. The van der Waals surface area contributed by atoms with Gasteiger partial charge >= 0.3 is 5.97 Å². The molecule has 1 aromatic carbocycles. The molecule has 2 unspecified atom stereocenters. The van der Waals surface area contributed by atoms with Crippen LogP contribution in [0, 0.1) is 11.7 Å². The molecule has 214 valence electrons. The van der Waals surface area contributed by atoms with Crippen LogP contribution in [0.2, 0.25) is 0 Å². The van der Waals surface area contributed by atoms with Crippen molar-refractivity contribution in [1.29, 1.82) is 0 Å². The molecule has 1 N–H and O–H groups in total. The van der Waals surface area contributed by atoms with Gasteiger partial charge in [-0.25, -0.2) is 24.1 Å². The van der Waals surface area contributed by atoms with Gasteiger partial charge in [0.15, 0.2) is 17.2 Å². The summed E-state index contributed by atoms with van der Waals surface area (Å²) in [7, 11) is 4.21. The number of hydrogen-bond donors (Lipinski definition) is 1. The minimum Gasteiger partial charge on any atom is -0.477 e. The van der Waals surface area contributed by atoms with Gasteiger partial charge in [0.1, 0.15) is 23.8 Å². The number of carbonyl (C=O) groups is 1. The van der Waals surface area contributed by atoms with Gasteiger partial charge in [-0.1, -0.05) is 34.4 Å². The molecular weight excluding hydrogens is 544 g/mol. The van der Waals surface area contributed by atoms with E-state index in [9.17, 15) is 14.3 Å². The highest BCUT2D eigenvalue weighted by Crippen LogP contribution is 2.32. The second kappa shape index (κ2) is 12.8. The number of nitrogens with zero attached hydrogens (tertiary/aromatic N) is 5. The Labute approximate surface area is 240 Å². The van der Waals surface area contributed by atoms with E-state index in [-0.39, 0.29) is 18.1 Å². The summed E-state index contributed by atoms with van der Waals surface area (Å²) in [6.07, 6.45) is 7.93. The highest BCUT2D eigenvalue weighted by molar-refractivity contribution is 7.27. The van der Waals surface area contributed by atoms with Gasteiger partial charge in [0.05, 0.1) is 6.61 Å². The number of methoxy groups -OCH3 is 1. The summed E-state index contributed by atoms with van der Waals surface area (Å²) in [4.78, 5) is 29.8. The lowest BCUT2D eigenvalue weighted by molar-refractivity contribution is 0.0691. The van der Waals surface area contributed by atoms with Crippen LogP contribution in [-0.4, -0.2) is 49.3 Å². The fourth-order valence-electron chi connectivity index (χ4n) is 5.00. The molecule has 0 amide bonds. The molecule has 4 aromatic rings. The summed E-state index contributed by atoms with van der Waals surface area (Å²) in [6, 6.07) is 8.40. The number of aromatic nitrogens is 5. The first-order valence-corrected chi connectivity index (χ1v) is 14.2. The lowest BCUT2D eigenvalue weighted by Crippen LogP contribution is -2.16. The third-order valence-electron chi connectivity index (χ3n) is 7.36. The summed E-state index contributed by atoms with van der Waals surface area (Å²) < 4.78 is 27.6. The minimum absolute atomic E-state index is 0.00719. The van der Waals surface area contributed by atoms with E-state index in [0.29, 0.717) is 52.8 Å². The number of fused-ring (bicyclic) bond motifs is 1. The van der Waals surface area contributed by atoms with Crippen LogP contribution in [0.5, 0.6) is 5.88 Å². The SMILES string of the molecule is CCc1ccc(COc2nc(C3=CCC(Cc4nc5ccc(C(=O)O)nc5n4CCOC)CC3)ncc2P)c(F)c1. The van der Waals surface area contributed by atoms with E-state index in [1.54, 1.807) is 31.5 Å². The van der Waals surface area contributed by atoms with E-state index in [2.05, 4.69) is 30.3 Å². The number of ether oxygens (including phenoxy) is 2. The molecule has 0 spiro atoms. The number of aromatic carboxylic acids is 1. The molecule has 2 atom stereocenters. The third-order valence-corrected chi connectivity index (χ3v) is 7.75. The highest BCUT2D eigenvalue weighted by Gasteiger charge is 2.22. The van der Waals surface area contributed by atoms with Crippen LogP contribution in [0.25, 0.3) is 16.7 Å². The first-order valence-electron chi connectivity index (χ1n) is 13.7. The standard InChI is InChI=1S/C30H33FN5O4P/c1-3-18-4-9-21(22(31)14-18)17-40-29-25(41)16-32-27(35-29)20-7-5-19(6-8-20)15-26-33-23-10-11-24(30(37)38)34-28(23)36(26)12-13-39-2/h4,7,9-11,14,16,19H,3,5-6,8,12-13,15,17,41H2,1-2H3,(H,37,38). The van der Waals surface area contributed by atoms with Crippen molar-refractivity contribution < 1.29 is 23.8 Å². The summed E-state index contributed by atoms with van der Waals surface area (Å²) in [5.41, 5.74) is 3.71. The molecule has 0 aliphatic heterocycles. The Bertz CT molecular complexity index is 1610. The molecule has 0 saturated heterocycles. The Morgan fingerprint density at radius 1 is 1.22 bits per heavy atom. The molecule has 0 saturated carbocycles. The van der Waals surface area contributed by atoms with Gasteiger partial charge in [-0.05, 0) is 60.9 Å². The van der Waals surface area contributed by atoms with Gasteiger partial charge in [-0.15, -0.1) is 0 Å². The van der Waals surface area contributed by atoms with Gasteiger partial charge in [0.25, 0.3) is 0 Å². The number of aryl methyl sites for hydroxylation is 1. The lowest BCUT2D eigenvalue weighted by atomic mass is 9.87. The zero-order chi connectivity index (χ0) is 28.9. The van der Waals surface area contributed by atoms with Crippen molar-refractivity contribution in [3.63, 3.8) is 0 Å². The van der Waals surface area contributed by atoms with E-state index in [1.807, 2.05) is 17.6 Å². The van der Waals surface area contributed by atoms with Crippen molar-refractivity contribution in [3.05, 3.63) is 76.9 Å². The normalized spacial score (nSPS) is 15.2. The van der Waals surface area contributed by atoms with Crippen LogP contribution in [0.15, 0.2) is 42.6 Å². The monoisotopic (exact) mass is 577 g/mol. The number of carboxylic acid groups (broad SMARTS) is 1. The molecule has 1 aliphatic rings. The lowest BCUT2D eigenvalue weighted by Gasteiger charge is -2.22. The largest absolute Gasteiger partial charge is 0.477 e. The van der Waals surface area contributed by atoms with Crippen LogP contribution >= 0.6 is 9.24 Å². The molecule has 0 bridgehead atoms. The van der Waals surface area contributed by atoms with E-state index < -0.39 is 5.97 Å². The van der Waals surface area contributed by atoms with Crippen molar-refractivity contribution >= 4 is 37.3 Å². The predicted molar refractivity (Wildman–Crippen MR) is 157 cm³/mol. The number of imidazole rings is 1. The Morgan fingerprint density at radius 2 is 2.07 bits per heavy atom. The molecule has 9 nitrogen and oxygen atoms in total. The number of allylic oxidation sites excluding steroid dienone is 2. The molecule has 0 radical (unpaired) electrons. The minimum atomic E-state index is -1.07. The van der Waals surface area contributed by atoms with Crippen molar-refractivity contribution in [2.45, 2.75) is 52.2 Å². The van der Waals surface area contributed by atoms with Crippen LogP contribution in [0.4, 0.5) is 4.39 Å². The van der Waals surface area contributed by atoms with E-state index >= 15 is 0 Å². The summed E-state index contributed by atoms with van der Waals surface area (Å²) in [6.45, 7) is 3.08. The number of benzene rings is 1. The molecule has 5 rings (SSSR count). The zero-order valence-electron chi connectivity index (χ0n) is 23.1. The molecule has 41 heavy (non-hydrogen) atoms. The van der Waals surface area contributed by atoms with Crippen LogP contribution < -0.4 is 10.0 Å². The average Bonchev–Trinajstić information content (AvgIpc) is 3.32. The number of rotatable bonds is 11. The van der Waals surface area contributed by atoms with Crippen molar-refractivity contribution in [1.82, 2.24) is 24.5 Å². The average molecular weight is 578 g/mol. The topological polar surface area (TPSA) is 112 Å². The number of pyridine rings is 1. The predicted octanol–water partition coefficient (Wildman–Crippen LogP) is 4.77. The maximum absolute atomic E-state index is 14.4. The van der Waals surface area contributed by atoms with Gasteiger partial charge in [0.2, 0.25) is 5.88 Å². The Morgan fingerprint density at radius 3 is 2.78 bits per heavy atom. The Hall–Kier alpha value is -3.75. The number of hydrogen-bond acceptors (Lipinski definition) is 7. The van der Waals surface area contributed by atoms with Crippen molar-refractivity contribution in [2.75, 3.05) is 13.7 Å². The van der Waals surface area contributed by atoms with Gasteiger partial charge in [0, 0.05) is 37.1 Å². The Kier molecular flexibility index (Phi) is 9.00. The van der Waals surface area contributed by atoms with Gasteiger partial charge < -0.3 is 19.1 Å².